The van der Waals surface area contributed by atoms with Gasteiger partial charge in [0.2, 0.25) is 0 Å². The summed E-state index contributed by atoms with van der Waals surface area (Å²) in [6.45, 7) is 0. The second-order valence-electron chi connectivity index (χ2n) is 4.43. The largest absolute Gasteiger partial charge is 0.455 e. The maximum Gasteiger partial charge on any atom is 0.146 e. The molecule has 3 rings (SSSR count). The number of rotatable bonds is 2. The molecule has 21 heavy (non-hydrogen) atoms. The van der Waals surface area contributed by atoms with Gasteiger partial charge in [-0.25, -0.2) is 0 Å². The van der Waals surface area contributed by atoms with Crippen LogP contribution in [-0.4, -0.2) is 0 Å². The van der Waals surface area contributed by atoms with Crippen LogP contribution < -0.4 is 4.74 Å². The third kappa shape index (κ3) is 2.67. The number of halogens is 2. The van der Waals surface area contributed by atoms with Gasteiger partial charge in [0.15, 0.2) is 0 Å². The fraction of sp³-hybridized carbons (Fsp3) is 0. The van der Waals surface area contributed by atoms with Crippen LogP contribution in [-0.2, 0) is 0 Å². The SMILES string of the molecule is N#Cc1c(Br)cccc1Oc1ccc2ccccc2c1Br. The van der Waals surface area contributed by atoms with E-state index in [0.717, 1.165) is 19.7 Å². The predicted octanol–water partition coefficient (Wildman–Crippen LogP) is 6.03. The van der Waals surface area contributed by atoms with Gasteiger partial charge in [-0.2, -0.15) is 5.26 Å². The molecule has 0 atom stereocenters. The summed E-state index contributed by atoms with van der Waals surface area (Å²) in [7, 11) is 0. The number of hydrogen-bond donors (Lipinski definition) is 0. The van der Waals surface area contributed by atoms with Crippen molar-refractivity contribution >= 4 is 42.6 Å². The minimum absolute atomic E-state index is 0.484. The summed E-state index contributed by atoms with van der Waals surface area (Å²) < 4.78 is 7.52. The molecule has 0 aliphatic rings. The van der Waals surface area contributed by atoms with Crippen LogP contribution in [0.2, 0.25) is 0 Å². The number of nitrogens with zero attached hydrogens (tertiary/aromatic N) is 1. The van der Waals surface area contributed by atoms with Crippen LogP contribution in [0.3, 0.4) is 0 Å². The van der Waals surface area contributed by atoms with Gasteiger partial charge in [-0.3, -0.25) is 0 Å². The minimum Gasteiger partial charge on any atom is -0.455 e. The number of hydrogen-bond acceptors (Lipinski definition) is 2. The summed E-state index contributed by atoms with van der Waals surface area (Å²) >= 11 is 6.95. The Morgan fingerprint density at radius 2 is 1.67 bits per heavy atom. The van der Waals surface area contributed by atoms with E-state index in [9.17, 15) is 5.26 Å². The predicted molar refractivity (Wildman–Crippen MR) is 90.6 cm³/mol. The first-order valence-corrected chi connectivity index (χ1v) is 7.83. The van der Waals surface area contributed by atoms with Crippen LogP contribution in [0.15, 0.2) is 63.5 Å². The summed E-state index contributed by atoms with van der Waals surface area (Å²) in [6, 6.07) is 19.5. The highest BCUT2D eigenvalue weighted by Crippen LogP contribution is 2.37. The normalized spacial score (nSPS) is 10.3. The van der Waals surface area contributed by atoms with Gasteiger partial charge in [-0.1, -0.05) is 36.4 Å². The molecule has 102 valence electrons. The molecule has 0 N–H and O–H groups in total. The van der Waals surface area contributed by atoms with Crippen molar-refractivity contribution in [2.24, 2.45) is 0 Å². The molecule has 3 aromatic rings. The molecule has 0 bridgehead atoms. The number of fused-ring (bicyclic) bond motifs is 1. The molecule has 0 aliphatic carbocycles. The highest BCUT2D eigenvalue weighted by molar-refractivity contribution is 9.11. The maximum absolute atomic E-state index is 9.25. The second-order valence-corrected chi connectivity index (χ2v) is 6.07. The Morgan fingerprint density at radius 3 is 2.48 bits per heavy atom. The van der Waals surface area contributed by atoms with Gasteiger partial charge < -0.3 is 4.74 Å². The third-order valence-electron chi connectivity index (χ3n) is 3.13. The first-order valence-electron chi connectivity index (χ1n) is 6.24. The fourth-order valence-corrected chi connectivity index (χ4v) is 3.12. The maximum atomic E-state index is 9.25. The van der Waals surface area contributed by atoms with Gasteiger partial charge in [0.05, 0.1) is 4.47 Å². The number of benzene rings is 3. The van der Waals surface area contributed by atoms with Crippen molar-refractivity contribution in [3.05, 3.63) is 69.1 Å². The quantitative estimate of drug-likeness (QED) is 0.524. The van der Waals surface area contributed by atoms with Gasteiger partial charge in [-0.05, 0) is 60.8 Å². The van der Waals surface area contributed by atoms with Gasteiger partial charge >= 0.3 is 0 Å². The first kappa shape index (κ1) is 14.1. The van der Waals surface area contributed by atoms with Crippen LogP contribution in [0.4, 0.5) is 0 Å². The Labute approximate surface area is 139 Å². The second kappa shape index (κ2) is 5.88. The Morgan fingerprint density at radius 1 is 0.857 bits per heavy atom. The lowest BCUT2D eigenvalue weighted by atomic mass is 10.1. The van der Waals surface area contributed by atoms with Crippen LogP contribution >= 0.6 is 31.9 Å². The van der Waals surface area contributed by atoms with Crippen molar-refractivity contribution in [3.63, 3.8) is 0 Å². The zero-order valence-electron chi connectivity index (χ0n) is 10.8. The zero-order valence-corrected chi connectivity index (χ0v) is 14.0. The highest BCUT2D eigenvalue weighted by atomic mass is 79.9. The molecule has 0 fully saturated rings. The molecule has 0 amide bonds. The highest BCUT2D eigenvalue weighted by Gasteiger charge is 2.11. The first-order chi connectivity index (χ1) is 10.2. The van der Waals surface area contributed by atoms with E-state index in [2.05, 4.69) is 37.9 Å². The van der Waals surface area contributed by atoms with Crippen LogP contribution in [0.1, 0.15) is 5.56 Å². The zero-order chi connectivity index (χ0) is 14.8. The smallest absolute Gasteiger partial charge is 0.146 e. The molecule has 0 radical (unpaired) electrons. The Kier molecular flexibility index (Phi) is 3.96. The number of nitriles is 1. The van der Waals surface area contributed by atoms with Crippen LogP contribution in [0.5, 0.6) is 11.5 Å². The minimum atomic E-state index is 0.484. The fourth-order valence-electron chi connectivity index (χ4n) is 2.11. The Bertz CT molecular complexity index is 868. The molecule has 0 unspecified atom stereocenters. The van der Waals surface area contributed by atoms with Crippen molar-refractivity contribution in [2.45, 2.75) is 0 Å². The van der Waals surface area contributed by atoms with Gasteiger partial charge in [0.25, 0.3) is 0 Å². The molecule has 3 aromatic carbocycles. The van der Waals surface area contributed by atoms with Crippen molar-refractivity contribution in [1.82, 2.24) is 0 Å². The molecule has 0 aromatic heterocycles. The lowest BCUT2D eigenvalue weighted by Gasteiger charge is -2.11. The van der Waals surface area contributed by atoms with E-state index in [0.29, 0.717) is 17.1 Å². The Balaban J connectivity index is 2.09. The van der Waals surface area contributed by atoms with Crippen LogP contribution in [0, 0.1) is 11.3 Å². The molecular weight excluding hydrogens is 394 g/mol. The molecule has 2 nitrogen and oxygen atoms in total. The summed E-state index contributed by atoms with van der Waals surface area (Å²) in [4.78, 5) is 0. The summed E-state index contributed by atoms with van der Waals surface area (Å²) in [5, 5.41) is 11.5. The average molecular weight is 403 g/mol. The van der Waals surface area contributed by atoms with E-state index in [-0.39, 0.29) is 0 Å². The molecule has 0 saturated heterocycles. The van der Waals surface area contributed by atoms with Gasteiger partial charge in [0, 0.05) is 4.47 Å². The van der Waals surface area contributed by atoms with E-state index in [1.165, 1.54) is 0 Å². The summed E-state index contributed by atoms with van der Waals surface area (Å²) in [6.07, 6.45) is 0. The van der Waals surface area contributed by atoms with Crippen molar-refractivity contribution < 1.29 is 4.74 Å². The standard InChI is InChI=1S/C17H9Br2NO/c18-14-6-3-7-15(13(14)10-20)21-16-9-8-11-4-1-2-5-12(11)17(16)19/h1-9H. The van der Waals surface area contributed by atoms with E-state index in [4.69, 9.17) is 4.74 Å². The molecular formula is C17H9Br2NO. The monoisotopic (exact) mass is 401 g/mol. The lowest BCUT2D eigenvalue weighted by Crippen LogP contribution is -1.90. The van der Waals surface area contributed by atoms with E-state index in [1.807, 2.05) is 48.5 Å². The number of ether oxygens (including phenoxy) is 1. The Hall–Kier alpha value is -1.83. The average Bonchev–Trinajstić information content (AvgIpc) is 2.50. The molecule has 0 aliphatic heterocycles. The van der Waals surface area contributed by atoms with E-state index < -0.39 is 0 Å². The lowest BCUT2D eigenvalue weighted by molar-refractivity contribution is 0.478. The van der Waals surface area contributed by atoms with Crippen molar-refractivity contribution in [2.75, 3.05) is 0 Å². The van der Waals surface area contributed by atoms with Crippen molar-refractivity contribution in [1.29, 1.82) is 5.26 Å². The molecule has 0 spiro atoms. The summed E-state index contributed by atoms with van der Waals surface area (Å²) in [5.41, 5.74) is 0.484. The molecule has 0 saturated carbocycles. The van der Waals surface area contributed by atoms with Gasteiger partial charge in [-0.15, -0.1) is 0 Å². The molecule has 0 heterocycles. The van der Waals surface area contributed by atoms with E-state index in [1.54, 1.807) is 6.07 Å². The third-order valence-corrected chi connectivity index (χ3v) is 4.61. The van der Waals surface area contributed by atoms with Crippen molar-refractivity contribution in [3.8, 4) is 17.6 Å². The summed E-state index contributed by atoms with van der Waals surface area (Å²) in [5.74, 6) is 1.21. The van der Waals surface area contributed by atoms with Gasteiger partial charge in [0.1, 0.15) is 23.1 Å². The molecule has 4 heteroatoms. The van der Waals surface area contributed by atoms with E-state index >= 15 is 0 Å². The topological polar surface area (TPSA) is 33.0 Å². The van der Waals surface area contributed by atoms with Crippen LogP contribution in [0.25, 0.3) is 10.8 Å².